The molecule has 3 aromatic rings. The van der Waals surface area contributed by atoms with Crippen LogP contribution in [0.5, 0.6) is 5.75 Å². The van der Waals surface area contributed by atoms with Gasteiger partial charge in [-0.2, -0.15) is 12.8 Å². The number of sulfonamides is 1. The molecule has 0 aliphatic carbocycles. The largest absolute Gasteiger partial charge is 0.496 e. The van der Waals surface area contributed by atoms with Crippen LogP contribution in [-0.4, -0.2) is 21.7 Å². The van der Waals surface area contributed by atoms with Gasteiger partial charge in [-0.3, -0.25) is 0 Å². The van der Waals surface area contributed by atoms with Crippen LogP contribution in [0.2, 0.25) is 0 Å². The predicted molar refractivity (Wildman–Crippen MR) is 99.4 cm³/mol. The summed E-state index contributed by atoms with van der Waals surface area (Å²) in [4.78, 5) is 0.140. The zero-order valence-electron chi connectivity index (χ0n) is 12.8. The van der Waals surface area contributed by atoms with Crippen molar-refractivity contribution in [2.24, 2.45) is 4.40 Å². The van der Waals surface area contributed by atoms with Crippen molar-refractivity contribution in [1.29, 1.82) is 0 Å². The number of benzene rings is 3. The van der Waals surface area contributed by atoms with Crippen molar-refractivity contribution < 1.29 is 13.2 Å². The highest BCUT2D eigenvalue weighted by Crippen LogP contribution is 2.27. The van der Waals surface area contributed by atoms with Gasteiger partial charge in [-0.05, 0) is 41.1 Å². The molecule has 4 nitrogen and oxygen atoms in total. The van der Waals surface area contributed by atoms with Gasteiger partial charge in [-0.15, -0.1) is 0 Å². The molecule has 122 valence electrons. The highest BCUT2D eigenvalue weighted by Gasteiger charge is 2.13. The first-order valence-electron chi connectivity index (χ1n) is 7.13. The Bertz CT molecular complexity index is 1010. The van der Waals surface area contributed by atoms with Gasteiger partial charge >= 0.3 is 0 Å². The van der Waals surface area contributed by atoms with E-state index >= 15 is 0 Å². The number of hydrogen-bond donors (Lipinski definition) is 0. The molecule has 3 aromatic carbocycles. The van der Waals surface area contributed by atoms with Crippen molar-refractivity contribution in [3.63, 3.8) is 0 Å². The van der Waals surface area contributed by atoms with Gasteiger partial charge in [0.1, 0.15) is 5.75 Å². The summed E-state index contributed by atoms with van der Waals surface area (Å²) in [5.74, 6) is 0.573. The summed E-state index contributed by atoms with van der Waals surface area (Å²) < 4.78 is 34.8. The first-order valence-corrected chi connectivity index (χ1v) is 9.36. The van der Waals surface area contributed by atoms with Crippen molar-refractivity contribution in [3.05, 3.63) is 70.7 Å². The number of ether oxygens (including phenoxy) is 1. The van der Waals surface area contributed by atoms with Crippen LogP contribution in [0.4, 0.5) is 0 Å². The molecular weight excluding hydrogens is 390 g/mol. The SMILES string of the molecule is COc1ccc2ccccc2c1/C=N/S(=O)(=O)c1ccc(Br)cc1. The minimum absolute atomic E-state index is 0.140. The van der Waals surface area contributed by atoms with E-state index in [1.54, 1.807) is 25.3 Å². The van der Waals surface area contributed by atoms with Crippen LogP contribution in [0.1, 0.15) is 5.56 Å². The van der Waals surface area contributed by atoms with Crippen molar-refractivity contribution in [2.75, 3.05) is 7.11 Å². The zero-order valence-corrected chi connectivity index (χ0v) is 15.2. The molecule has 3 rings (SSSR count). The van der Waals surface area contributed by atoms with Gasteiger partial charge in [0.25, 0.3) is 10.0 Å². The van der Waals surface area contributed by atoms with E-state index in [1.807, 2.05) is 30.3 Å². The summed E-state index contributed by atoms with van der Waals surface area (Å²) in [6.07, 6.45) is 1.35. The van der Waals surface area contributed by atoms with Crippen molar-refractivity contribution >= 4 is 42.9 Å². The second kappa shape index (κ2) is 6.75. The Hall–Kier alpha value is -2.18. The number of rotatable bonds is 4. The standard InChI is InChI=1S/C18H14BrNO3S/c1-23-18-11-6-13-4-2-3-5-16(13)17(18)12-20-24(21,22)15-9-7-14(19)8-10-15/h2-12H,1H3/b20-12+. The number of hydrogen-bond acceptors (Lipinski definition) is 3. The first-order chi connectivity index (χ1) is 11.5. The molecule has 24 heavy (non-hydrogen) atoms. The Balaban J connectivity index is 2.08. The molecule has 0 atom stereocenters. The second-order valence-electron chi connectivity index (χ2n) is 5.07. The fourth-order valence-electron chi connectivity index (χ4n) is 2.38. The molecule has 0 aliphatic heterocycles. The summed E-state index contributed by atoms with van der Waals surface area (Å²) in [5.41, 5.74) is 0.635. The molecule has 0 saturated heterocycles. The van der Waals surface area contributed by atoms with Gasteiger partial charge in [-0.1, -0.05) is 46.3 Å². The van der Waals surface area contributed by atoms with E-state index in [0.717, 1.165) is 15.2 Å². The number of fused-ring (bicyclic) bond motifs is 1. The molecule has 0 saturated carbocycles. The Morgan fingerprint density at radius 1 is 1.00 bits per heavy atom. The second-order valence-corrected chi connectivity index (χ2v) is 7.61. The van der Waals surface area contributed by atoms with Crippen molar-refractivity contribution in [2.45, 2.75) is 4.90 Å². The van der Waals surface area contributed by atoms with E-state index < -0.39 is 10.0 Å². The number of nitrogens with zero attached hydrogens (tertiary/aromatic N) is 1. The van der Waals surface area contributed by atoms with Gasteiger partial charge in [0.05, 0.1) is 18.2 Å². The molecule has 0 fully saturated rings. The van der Waals surface area contributed by atoms with Crippen LogP contribution in [0.15, 0.2) is 74.4 Å². The molecule has 0 amide bonds. The maximum Gasteiger partial charge on any atom is 0.282 e. The Morgan fingerprint density at radius 3 is 2.42 bits per heavy atom. The van der Waals surface area contributed by atoms with Crippen LogP contribution < -0.4 is 4.74 Å². The van der Waals surface area contributed by atoms with E-state index in [-0.39, 0.29) is 4.90 Å². The van der Waals surface area contributed by atoms with E-state index in [0.29, 0.717) is 11.3 Å². The van der Waals surface area contributed by atoms with E-state index in [9.17, 15) is 8.42 Å². The third-order valence-corrected chi connectivity index (χ3v) is 5.36. The fraction of sp³-hybridized carbons (Fsp3) is 0.0556. The van der Waals surface area contributed by atoms with Gasteiger partial charge in [0.15, 0.2) is 0 Å². The topological polar surface area (TPSA) is 55.7 Å². The molecular formula is C18H14BrNO3S. The van der Waals surface area contributed by atoms with Crippen molar-refractivity contribution in [3.8, 4) is 5.75 Å². The van der Waals surface area contributed by atoms with Crippen LogP contribution in [0.3, 0.4) is 0 Å². The molecule has 0 bridgehead atoms. The monoisotopic (exact) mass is 403 g/mol. The van der Waals surface area contributed by atoms with Gasteiger partial charge < -0.3 is 4.74 Å². The molecule has 0 aromatic heterocycles. The summed E-state index contributed by atoms with van der Waals surface area (Å²) in [6.45, 7) is 0. The lowest BCUT2D eigenvalue weighted by Gasteiger charge is -2.08. The molecule has 0 radical (unpaired) electrons. The molecule has 0 spiro atoms. The first kappa shape index (κ1) is 16.7. The third-order valence-electron chi connectivity index (χ3n) is 3.58. The van der Waals surface area contributed by atoms with E-state index in [1.165, 1.54) is 18.3 Å². The molecule has 6 heteroatoms. The van der Waals surface area contributed by atoms with Gasteiger partial charge in [-0.25, -0.2) is 0 Å². The molecule has 0 heterocycles. The smallest absolute Gasteiger partial charge is 0.282 e. The number of halogens is 1. The van der Waals surface area contributed by atoms with Crippen LogP contribution in [0, 0.1) is 0 Å². The van der Waals surface area contributed by atoms with Gasteiger partial charge in [0.2, 0.25) is 0 Å². The Kier molecular flexibility index (Phi) is 4.69. The van der Waals surface area contributed by atoms with Crippen LogP contribution >= 0.6 is 15.9 Å². The maximum absolute atomic E-state index is 12.4. The minimum Gasteiger partial charge on any atom is -0.496 e. The van der Waals surface area contributed by atoms with Gasteiger partial charge in [0, 0.05) is 10.0 Å². The quantitative estimate of drug-likeness (QED) is 0.605. The summed E-state index contributed by atoms with van der Waals surface area (Å²) in [7, 11) is -2.23. The normalized spacial score (nSPS) is 11.9. The maximum atomic E-state index is 12.4. The average Bonchev–Trinajstić information content (AvgIpc) is 2.60. The van der Waals surface area contributed by atoms with Crippen LogP contribution in [-0.2, 0) is 10.0 Å². The predicted octanol–water partition coefficient (Wildman–Crippen LogP) is 4.42. The van der Waals surface area contributed by atoms with E-state index in [2.05, 4.69) is 20.3 Å². The molecule has 0 aliphatic rings. The van der Waals surface area contributed by atoms with Crippen molar-refractivity contribution in [1.82, 2.24) is 0 Å². The highest BCUT2D eigenvalue weighted by molar-refractivity contribution is 9.10. The number of methoxy groups -OCH3 is 1. The molecule has 0 N–H and O–H groups in total. The minimum atomic E-state index is -3.78. The van der Waals surface area contributed by atoms with E-state index in [4.69, 9.17) is 4.74 Å². The fourth-order valence-corrected chi connectivity index (χ4v) is 3.49. The Morgan fingerprint density at radius 2 is 1.71 bits per heavy atom. The lowest BCUT2D eigenvalue weighted by molar-refractivity contribution is 0.415. The Labute approximate surface area is 149 Å². The lowest BCUT2D eigenvalue weighted by Crippen LogP contribution is -1.99. The summed E-state index contributed by atoms with van der Waals surface area (Å²) in [6, 6.07) is 17.8. The van der Waals surface area contributed by atoms with Crippen LogP contribution in [0.25, 0.3) is 10.8 Å². The summed E-state index contributed by atoms with van der Waals surface area (Å²) in [5, 5.41) is 1.87. The zero-order chi connectivity index (χ0) is 17.2. The third kappa shape index (κ3) is 3.34. The lowest BCUT2D eigenvalue weighted by atomic mass is 10.0. The summed E-state index contributed by atoms with van der Waals surface area (Å²) >= 11 is 3.28. The average molecular weight is 404 g/mol. The molecule has 0 unspecified atom stereocenters. The highest BCUT2D eigenvalue weighted by atomic mass is 79.9.